The van der Waals surface area contributed by atoms with Crippen LogP contribution >= 0.6 is 9.39 Å². The number of hydrogen-bond donors (Lipinski definition) is 1. The molecule has 0 amide bonds. The van der Waals surface area contributed by atoms with Gasteiger partial charge in [-0.3, -0.25) is 4.67 Å². The molecule has 1 heterocycles. The summed E-state index contributed by atoms with van der Waals surface area (Å²) in [5, 5.41) is 8.61. The van der Waals surface area contributed by atoms with Gasteiger partial charge in [-0.15, -0.1) is 0 Å². The first kappa shape index (κ1) is 9.40. The van der Waals surface area contributed by atoms with E-state index in [-0.39, 0.29) is 0 Å². The van der Waals surface area contributed by atoms with Gasteiger partial charge in [0.25, 0.3) is 0 Å². The second kappa shape index (κ2) is 5.04. The average Bonchev–Trinajstić information content (AvgIpc) is 2.04. The third kappa shape index (κ3) is 3.48. The van der Waals surface area contributed by atoms with Crippen molar-refractivity contribution in [1.82, 2.24) is 9.57 Å². The highest BCUT2D eigenvalue weighted by atomic mass is 31.0. The lowest BCUT2D eigenvalue weighted by Crippen LogP contribution is -2.42. The van der Waals surface area contributed by atoms with E-state index < -0.39 is 0 Å². The Balaban J connectivity index is 2.07. The summed E-state index contributed by atoms with van der Waals surface area (Å²) < 4.78 is 2.26. The normalized spacial score (nSPS) is 22.4. The van der Waals surface area contributed by atoms with Crippen LogP contribution in [0.15, 0.2) is 0 Å². The van der Waals surface area contributed by atoms with Gasteiger partial charge in [-0.2, -0.15) is 0 Å². The van der Waals surface area contributed by atoms with Gasteiger partial charge in [-0.1, -0.05) is 9.39 Å². The van der Waals surface area contributed by atoms with Crippen molar-refractivity contribution >= 4 is 9.39 Å². The van der Waals surface area contributed by atoms with Crippen LogP contribution in [0.4, 0.5) is 0 Å². The molecule has 11 heavy (non-hydrogen) atoms. The number of nitrogens with zero attached hydrogens (tertiary/aromatic N) is 2. The zero-order chi connectivity index (χ0) is 8.10. The summed E-state index contributed by atoms with van der Waals surface area (Å²) in [5.74, 6) is 0. The van der Waals surface area contributed by atoms with Crippen LogP contribution in [0.25, 0.3) is 0 Å². The van der Waals surface area contributed by atoms with Gasteiger partial charge in [0.2, 0.25) is 0 Å². The highest BCUT2D eigenvalue weighted by molar-refractivity contribution is 7.13. The predicted molar refractivity (Wildman–Crippen MR) is 49.4 cm³/mol. The Labute approximate surface area is 70.6 Å². The second-order valence-corrected chi connectivity index (χ2v) is 3.69. The monoisotopic (exact) mass is 176 g/mol. The van der Waals surface area contributed by atoms with E-state index in [1.807, 2.05) is 0 Å². The van der Waals surface area contributed by atoms with Crippen molar-refractivity contribution in [2.75, 3.05) is 39.3 Å². The van der Waals surface area contributed by atoms with Gasteiger partial charge in [0.15, 0.2) is 0 Å². The molecule has 0 radical (unpaired) electrons. The fourth-order valence-corrected chi connectivity index (χ4v) is 1.51. The molecule has 1 aliphatic heterocycles. The molecule has 1 saturated heterocycles. The smallest absolute Gasteiger partial charge is 0.0443 e. The third-order valence-corrected chi connectivity index (χ3v) is 2.56. The lowest BCUT2D eigenvalue weighted by Gasteiger charge is -2.31. The number of piperazine rings is 1. The van der Waals surface area contributed by atoms with Crippen LogP contribution in [0, 0.1) is 0 Å². The van der Waals surface area contributed by atoms with E-state index in [4.69, 9.17) is 5.11 Å². The van der Waals surface area contributed by atoms with E-state index in [1.165, 1.54) is 0 Å². The minimum absolute atomic E-state index is 0.321. The van der Waals surface area contributed by atoms with E-state index in [9.17, 15) is 0 Å². The first-order chi connectivity index (χ1) is 5.33. The van der Waals surface area contributed by atoms with Gasteiger partial charge in [0.05, 0.1) is 0 Å². The maximum Gasteiger partial charge on any atom is 0.0443 e. The van der Waals surface area contributed by atoms with Crippen molar-refractivity contribution in [3.8, 4) is 0 Å². The van der Waals surface area contributed by atoms with Crippen LogP contribution in [0.5, 0.6) is 0 Å². The second-order valence-electron chi connectivity index (χ2n) is 2.95. The van der Waals surface area contributed by atoms with Crippen LogP contribution in [0.2, 0.25) is 0 Å². The Morgan fingerprint density at radius 3 is 2.36 bits per heavy atom. The number of rotatable bonds is 3. The van der Waals surface area contributed by atoms with E-state index in [0.29, 0.717) is 6.61 Å². The average molecular weight is 176 g/mol. The first-order valence-electron chi connectivity index (χ1n) is 4.16. The standard InChI is InChI=1S/C7H17N2OP/c10-7-1-2-8-3-5-9(11)6-4-8/h10H,1-7,11H2. The third-order valence-electron chi connectivity index (χ3n) is 2.04. The quantitative estimate of drug-likeness (QED) is 0.602. The fraction of sp³-hybridized carbons (Fsp3) is 1.00. The zero-order valence-electron chi connectivity index (χ0n) is 6.87. The topological polar surface area (TPSA) is 26.7 Å². The SMILES string of the molecule is OCCCN1CCN(P)CC1. The number of hydrogen-bond acceptors (Lipinski definition) is 3. The van der Waals surface area contributed by atoms with Gasteiger partial charge < -0.3 is 10.0 Å². The van der Waals surface area contributed by atoms with E-state index in [2.05, 4.69) is 19.0 Å². The van der Waals surface area contributed by atoms with Gasteiger partial charge in [0, 0.05) is 39.3 Å². The maximum atomic E-state index is 8.61. The van der Waals surface area contributed by atoms with Gasteiger partial charge in [-0.05, 0) is 6.42 Å². The summed E-state index contributed by atoms with van der Waals surface area (Å²) >= 11 is 0. The molecule has 0 aromatic rings. The molecule has 1 atom stereocenters. The predicted octanol–water partition coefficient (Wildman–Crippen LogP) is -0.224. The van der Waals surface area contributed by atoms with Crippen molar-refractivity contribution in [3.63, 3.8) is 0 Å². The molecule has 0 aliphatic carbocycles. The van der Waals surface area contributed by atoms with Gasteiger partial charge >= 0.3 is 0 Å². The molecule has 0 aromatic carbocycles. The van der Waals surface area contributed by atoms with Crippen LogP contribution in [0.3, 0.4) is 0 Å². The molecule has 1 N–H and O–H groups in total. The minimum atomic E-state index is 0.321. The summed E-state index contributed by atoms with van der Waals surface area (Å²) in [6, 6.07) is 0. The molecule has 3 nitrogen and oxygen atoms in total. The molecule has 0 spiro atoms. The van der Waals surface area contributed by atoms with Crippen molar-refractivity contribution in [1.29, 1.82) is 0 Å². The molecule has 1 rings (SSSR count). The Morgan fingerprint density at radius 1 is 1.18 bits per heavy atom. The van der Waals surface area contributed by atoms with Crippen LogP contribution in [0.1, 0.15) is 6.42 Å². The lowest BCUT2D eigenvalue weighted by molar-refractivity contribution is 0.176. The molecule has 66 valence electrons. The zero-order valence-corrected chi connectivity index (χ0v) is 8.02. The van der Waals surface area contributed by atoms with E-state index in [0.717, 1.165) is 39.1 Å². The summed E-state index contributed by atoms with van der Waals surface area (Å²) in [7, 11) is 2.73. The van der Waals surface area contributed by atoms with E-state index in [1.54, 1.807) is 0 Å². The molecule has 4 heteroatoms. The van der Waals surface area contributed by atoms with Gasteiger partial charge in [0.1, 0.15) is 0 Å². The summed E-state index contributed by atoms with van der Waals surface area (Å²) in [6.45, 7) is 5.93. The van der Waals surface area contributed by atoms with Crippen molar-refractivity contribution in [3.05, 3.63) is 0 Å². The van der Waals surface area contributed by atoms with Crippen molar-refractivity contribution in [2.24, 2.45) is 0 Å². The molecular weight excluding hydrogens is 159 g/mol. The fourth-order valence-electron chi connectivity index (χ4n) is 1.28. The molecule has 1 fully saturated rings. The largest absolute Gasteiger partial charge is 0.396 e. The van der Waals surface area contributed by atoms with Crippen molar-refractivity contribution in [2.45, 2.75) is 6.42 Å². The molecule has 1 unspecified atom stereocenters. The Hall–Kier alpha value is 0.310. The van der Waals surface area contributed by atoms with E-state index >= 15 is 0 Å². The van der Waals surface area contributed by atoms with Crippen LogP contribution < -0.4 is 0 Å². The lowest BCUT2D eigenvalue weighted by atomic mass is 10.3. The molecule has 0 saturated carbocycles. The Bertz CT molecular complexity index is 102. The number of aliphatic hydroxyl groups is 1. The molecule has 1 aliphatic rings. The Kier molecular flexibility index (Phi) is 4.31. The summed E-state index contributed by atoms with van der Waals surface area (Å²) in [4.78, 5) is 2.40. The highest BCUT2D eigenvalue weighted by Gasteiger charge is 2.12. The van der Waals surface area contributed by atoms with Crippen LogP contribution in [-0.2, 0) is 0 Å². The first-order valence-corrected chi connectivity index (χ1v) is 4.67. The maximum absolute atomic E-state index is 8.61. The van der Waals surface area contributed by atoms with Crippen molar-refractivity contribution < 1.29 is 5.11 Å². The molecule has 0 bridgehead atoms. The molecular formula is C7H17N2OP. The Morgan fingerprint density at radius 2 is 1.82 bits per heavy atom. The summed E-state index contributed by atoms with van der Waals surface area (Å²) in [6.07, 6.45) is 0.914. The van der Waals surface area contributed by atoms with Crippen LogP contribution in [-0.4, -0.2) is 54.0 Å². The highest BCUT2D eigenvalue weighted by Crippen LogP contribution is 2.05. The molecule has 0 aromatic heterocycles. The summed E-state index contributed by atoms with van der Waals surface area (Å²) in [5.41, 5.74) is 0. The van der Waals surface area contributed by atoms with Gasteiger partial charge in [-0.25, -0.2) is 0 Å². The number of aliphatic hydroxyl groups excluding tert-OH is 1. The minimum Gasteiger partial charge on any atom is -0.396 e.